The summed E-state index contributed by atoms with van der Waals surface area (Å²) < 4.78 is 0. The lowest BCUT2D eigenvalue weighted by molar-refractivity contribution is -0.00518. The molecule has 4 aliphatic carbocycles. The summed E-state index contributed by atoms with van der Waals surface area (Å²) in [5, 5.41) is 11.5. The van der Waals surface area contributed by atoms with E-state index in [1.165, 1.54) is 49.7 Å². The lowest BCUT2D eigenvalue weighted by atomic mass is 9.48. The Morgan fingerprint density at radius 2 is 1.15 bits per heavy atom. The second-order valence-electron chi connectivity index (χ2n) is 13.8. The zero-order chi connectivity index (χ0) is 30.7. The Morgan fingerprint density at radius 1 is 0.543 bits per heavy atom. The lowest BCUT2D eigenvalue weighted by Crippen LogP contribution is -2.48. The van der Waals surface area contributed by atoms with E-state index in [1.54, 1.807) is 0 Å². The highest BCUT2D eigenvalue weighted by molar-refractivity contribution is 5.96. The standard InChI is InChI=1S/C42H34N4/c43-26-27-13-18-36-33(22-27)9-6-12-38(36)41-45-39(32-7-2-1-3-8-32)44-40(46-41)37-11-5-4-10-35(37)31-14-16-34(17-15-31)42-23-28-19-29(24-42)21-30(20-28)25-42/h1-18,22,28-30H,19-21,23-25H2. The first-order valence-electron chi connectivity index (χ1n) is 16.6. The number of fused-ring (bicyclic) bond motifs is 1. The molecular weight excluding hydrogens is 560 g/mol. The molecule has 6 aromatic rings. The summed E-state index contributed by atoms with van der Waals surface area (Å²) in [5.41, 5.74) is 7.70. The van der Waals surface area contributed by atoms with Gasteiger partial charge >= 0.3 is 0 Å². The molecule has 0 amide bonds. The van der Waals surface area contributed by atoms with Crippen molar-refractivity contribution in [1.82, 2.24) is 15.0 Å². The Morgan fingerprint density at radius 3 is 1.85 bits per heavy atom. The highest BCUT2D eigenvalue weighted by Gasteiger charge is 2.51. The fourth-order valence-electron chi connectivity index (χ4n) is 9.28. The molecule has 1 heterocycles. The molecule has 0 atom stereocenters. The van der Waals surface area contributed by atoms with Crippen LogP contribution in [0.5, 0.6) is 0 Å². The van der Waals surface area contributed by atoms with Gasteiger partial charge in [0.15, 0.2) is 17.5 Å². The van der Waals surface area contributed by atoms with Crippen LogP contribution in [0.25, 0.3) is 56.1 Å². The van der Waals surface area contributed by atoms with Crippen LogP contribution in [-0.4, -0.2) is 15.0 Å². The predicted octanol–water partition coefficient (Wildman–Crippen LogP) is 10.0. The molecule has 4 heteroatoms. The minimum absolute atomic E-state index is 0.382. The fourth-order valence-corrected chi connectivity index (χ4v) is 9.28. The van der Waals surface area contributed by atoms with Crippen molar-refractivity contribution in [2.45, 2.75) is 43.9 Å². The van der Waals surface area contributed by atoms with Gasteiger partial charge in [0.2, 0.25) is 0 Å². The molecule has 0 aliphatic heterocycles. The molecule has 46 heavy (non-hydrogen) atoms. The largest absolute Gasteiger partial charge is 0.208 e. The van der Waals surface area contributed by atoms with Crippen molar-refractivity contribution in [2.24, 2.45) is 17.8 Å². The Kier molecular flexibility index (Phi) is 6.35. The average molecular weight is 595 g/mol. The first-order chi connectivity index (χ1) is 22.6. The van der Waals surface area contributed by atoms with E-state index in [0.717, 1.165) is 50.8 Å². The molecule has 10 rings (SSSR count). The molecule has 222 valence electrons. The number of hydrogen-bond acceptors (Lipinski definition) is 4. The highest BCUT2D eigenvalue weighted by atomic mass is 15.0. The smallest absolute Gasteiger partial charge is 0.164 e. The molecule has 4 nitrogen and oxygen atoms in total. The van der Waals surface area contributed by atoms with E-state index in [9.17, 15) is 5.26 Å². The molecule has 4 fully saturated rings. The second kappa shape index (κ2) is 10.7. The second-order valence-corrected chi connectivity index (χ2v) is 13.8. The monoisotopic (exact) mass is 594 g/mol. The van der Waals surface area contributed by atoms with E-state index in [-0.39, 0.29) is 0 Å². The van der Waals surface area contributed by atoms with Crippen molar-refractivity contribution in [3.05, 3.63) is 126 Å². The SMILES string of the molecule is N#Cc1ccc2c(-c3nc(-c4ccccc4)nc(-c4ccccc4-c4ccc(C56CC7CC(CC(C7)C5)C6)cc4)n3)cccc2c1. The minimum atomic E-state index is 0.382. The third kappa shape index (κ3) is 4.62. The third-order valence-corrected chi connectivity index (χ3v) is 10.9. The van der Waals surface area contributed by atoms with Gasteiger partial charge in [-0.1, -0.05) is 103 Å². The number of rotatable bonds is 5. The van der Waals surface area contributed by atoms with Crippen molar-refractivity contribution in [2.75, 3.05) is 0 Å². The number of benzene rings is 5. The number of aromatic nitrogens is 3. The van der Waals surface area contributed by atoms with Gasteiger partial charge in [-0.2, -0.15) is 5.26 Å². The molecule has 4 aliphatic rings. The van der Waals surface area contributed by atoms with Gasteiger partial charge in [-0.15, -0.1) is 0 Å². The lowest BCUT2D eigenvalue weighted by Gasteiger charge is -2.57. The quantitative estimate of drug-likeness (QED) is 0.199. The van der Waals surface area contributed by atoms with Crippen LogP contribution in [0.3, 0.4) is 0 Å². The molecule has 4 bridgehead atoms. The maximum Gasteiger partial charge on any atom is 0.164 e. The van der Waals surface area contributed by atoms with Crippen LogP contribution in [0.1, 0.15) is 49.7 Å². The molecule has 0 spiro atoms. The number of hydrogen-bond donors (Lipinski definition) is 0. The predicted molar refractivity (Wildman–Crippen MR) is 184 cm³/mol. The molecule has 5 aromatic carbocycles. The number of nitrogens with zero attached hydrogens (tertiary/aromatic N) is 4. The van der Waals surface area contributed by atoms with Gasteiger partial charge in [0.05, 0.1) is 11.6 Å². The summed E-state index contributed by atoms with van der Waals surface area (Å²) in [6.45, 7) is 0. The van der Waals surface area contributed by atoms with Crippen LogP contribution in [0.15, 0.2) is 115 Å². The van der Waals surface area contributed by atoms with Gasteiger partial charge in [0.1, 0.15) is 0 Å². The van der Waals surface area contributed by atoms with E-state index in [0.29, 0.717) is 28.5 Å². The summed E-state index contributed by atoms with van der Waals surface area (Å²) >= 11 is 0. The van der Waals surface area contributed by atoms with Crippen molar-refractivity contribution in [1.29, 1.82) is 5.26 Å². The van der Waals surface area contributed by atoms with Crippen LogP contribution in [0, 0.1) is 29.1 Å². The zero-order valence-electron chi connectivity index (χ0n) is 25.7. The van der Waals surface area contributed by atoms with Gasteiger partial charge < -0.3 is 0 Å². The van der Waals surface area contributed by atoms with Crippen molar-refractivity contribution >= 4 is 10.8 Å². The van der Waals surface area contributed by atoms with Crippen LogP contribution in [0.2, 0.25) is 0 Å². The summed E-state index contributed by atoms with van der Waals surface area (Å²) in [5.74, 6) is 4.69. The minimum Gasteiger partial charge on any atom is -0.208 e. The van der Waals surface area contributed by atoms with E-state index in [4.69, 9.17) is 15.0 Å². The third-order valence-electron chi connectivity index (χ3n) is 10.9. The average Bonchev–Trinajstić information content (AvgIpc) is 3.11. The van der Waals surface area contributed by atoms with Crippen molar-refractivity contribution in [3.8, 4) is 51.4 Å². The summed E-state index contributed by atoms with van der Waals surface area (Å²) in [6.07, 6.45) is 8.50. The molecule has 0 N–H and O–H groups in total. The molecule has 1 aromatic heterocycles. The maximum atomic E-state index is 9.48. The topological polar surface area (TPSA) is 62.5 Å². The molecule has 0 saturated heterocycles. The van der Waals surface area contributed by atoms with Crippen molar-refractivity contribution < 1.29 is 0 Å². The summed E-state index contributed by atoms with van der Waals surface area (Å²) in [7, 11) is 0. The first-order valence-corrected chi connectivity index (χ1v) is 16.6. The maximum absolute atomic E-state index is 9.48. The highest BCUT2D eigenvalue weighted by Crippen LogP contribution is 2.60. The Hall–Kier alpha value is -5.14. The zero-order valence-corrected chi connectivity index (χ0v) is 25.7. The summed E-state index contributed by atoms with van der Waals surface area (Å²) in [4.78, 5) is 15.2. The Bertz CT molecular complexity index is 2110. The Labute approximate surface area is 269 Å². The van der Waals surface area contributed by atoms with E-state index >= 15 is 0 Å². The van der Waals surface area contributed by atoms with E-state index in [1.807, 2.05) is 60.7 Å². The first kappa shape index (κ1) is 27.2. The van der Waals surface area contributed by atoms with Gasteiger partial charge in [0.25, 0.3) is 0 Å². The van der Waals surface area contributed by atoms with E-state index in [2.05, 4.69) is 60.7 Å². The van der Waals surface area contributed by atoms with Gasteiger partial charge in [-0.3, -0.25) is 0 Å². The van der Waals surface area contributed by atoms with Crippen LogP contribution < -0.4 is 0 Å². The molecule has 0 unspecified atom stereocenters. The Balaban J connectivity index is 1.15. The van der Waals surface area contributed by atoms with Crippen LogP contribution >= 0.6 is 0 Å². The van der Waals surface area contributed by atoms with Gasteiger partial charge in [-0.05, 0) is 101 Å². The molecule has 0 radical (unpaired) electrons. The normalized spacial score (nSPS) is 23.0. The fraction of sp³-hybridized carbons (Fsp3) is 0.238. The molecule has 4 saturated carbocycles. The number of nitriles is 1. The van der Waals surface area contributed by atoms with Crippen LogP contribution in [-0.2, 0) is 5.41 Å². The van der Waals surface area contributed by atoms with Gasteiger partial charge in [0, 0.05) is 16.7 Å². The molecular formula is C42H34N4. The van der Waals surface area contributed by atoms with Crippen molar-refractivity contribution in [3.63, 3.8) is 0 Å². The van der Waals surface area contributed by atoms with E-state index < -0.39 is 0 Å². The van der Waals surface area contributed by atoms with Gasteiger partial charge in [-0.25, -0.2) is 15.0 Å². The van der Waals surface area contributed by atoms with Crippen LogP contribution in [0.4, 0.5) is 0 Å². The summed E-state index contributed by atoms with van der Waals surface area (Å²) in [6, 6.07) is 42.2.